The van der Waals surface area contributed by atoms with Gasteiger partial charge in [0.05, 0.1) is 5.75 Å². The van der Waals surface area contributed by atoms with E-state index in [2.05, 4.69) is 5.32 Å². The first-order chi connectivity index (χ1) is 9.50. The number of anilines is 1. The second kappa shape index (κ2) is 6.13. The van der Waals surface area contributed by atoms with E-state index >= 15 is 0 Å². The Balaban J connectivity index is 2.09. The van der Waals surface area contributed by atoms with Crippen LogP contribution in [0.25, 0.3) is 5.69 Å². The number of sulfone groups is 1. The van der Waals surface area contributed by atoms with Crippen molar-refractivity contribution in [2.45, 2.75) is 19.9 Å². The van der Waals surface area contributed by atoms with Crippen LogP contribution in [0.2, 0.25) is 0 Å². The van der Waals surface area contributed by atoms with Crippen LogP contribution in [0.15, 0.2) is 48.8 Å². The van der Waals surface area contributed by atoms with E-state index in [4.69, 9.17) is 0 Å². The van der Waals surface area contributed by atoms with Crippen molar-refractivity contribution in [1.29, 1.82) is 0 Å². The molecular formula is C15H20N2O2S. The van der Waals surface area contributed by atoms with Gasteiger partial charge in [-0.25, -0.2) is 8.42 Å². The van der Waals surface area contributed by atoms with Crippen LogP contribution >= 0.6 is 0 Å². The number of rotatable bonds is 6. The average Bonchev–Trinajstić information content (AvgIpc) is 2.92. The molecular weight excluding hydrogens is 272 g/mol. The highest BCUT2D eigenvalue weighted by atomic mass is 32.2. The van der Waals surface area contributed by atoms with Gasteiger partial charge in [0.1, 0.15) is 0 Å². The number of benzene rings is 1. The van der Waals surface area contributed by atoms with Gasteiger partial charge in [0.15, 0.2) is 9.84 Å². The van der Waals surface area contributed by atoms with Gasteiger partial charge >= 0.3 is 0 Å². The van der Waals surface area contributed by atoms with Crippen LogP contribution in [0.4, 0.5) is 5.69 Å². The molecule has 108 valence electrons. The van der Waals surface area contributed by atoms with Crippen molar-refractivity contribution >= 4 is 15.5 Å². The van der Waals surface area contributed by atoms with Gasteiger partial charge in [0, 0.05) is 35.6 Å². The van der Waals surface area contributed by atoms with Crippen LogP contribution < -0.4 is 5.32 Å². The van der Waals surface area contributed by atoms with Gasteiger partial charge < -0.3 is 9.88 Å². The van der Waals surface area contributed by atoms with Gasteiger partial charge in [0.25, 0.3) is 0 Å². The molecule has 0 saturated heterocycles. The summed E-state index contributed by atoms with van der Waals surface area (Å²) >= 11 is 0. The first-order valence-electron chi connectivity index (χ1n) is 6.70. The topological polar surface area (TPSA) is 51.1 Å². The molecule has 0 amide bonds. The van der Waals surface area contributed by atoms with Gasteiger partial charge in [-0.3, -0.25) is 0 Å². The molecule has 0 spiro atoms. The zero-order chi connectivity index (χ0) is 14.6. The summed E-state index contributed by atoms with van der Waals surface area (Å²) in [6.07, 6.45) is 3.95. The summed E-state index contributed by atoms with van der Waals surface area (Å²) in [4.78, 5) is 0. The zero-order valence-electron chi connectivity index (χ0n) is 11.8. The molecule has 1 atom stereocenters. The third-order valence-corrected chi connectivity index (χ3v) is 4.99. The van der Waals surface area contributed by atoms with E-state index in [1.54, 1.807) is 6.92 Å². The van der Waals surface area contributed by atoms with Crippen LogP contribution in [0, 0.1) is 0 Å². The first-order valence-corrected chi connectivity index (χ1v) is 8.52. The molecule has 0 saturated carbocycles. The summed E-state index contributed by atoms with van der Waals surface area (Å²) in [5.74, 6) is 0.333. The predicted octanol–water partition coefficient (Wildman–Crippen LogP) is 2.71. The summed E-state index contributed by atoms with van der Waals surface area (Å²) < 4.78 is 25.2. The van der Waals surface area contributed by atoms with Crippen LogP contribution in [-0.4, -0.2) is 30.5 Å². The highest BCUT2D eigenvalue weighted by molar-refractivity contribution is 7.91. The maximum atomic E-state index is 11.6. The number of aromatic nitrogens is 1. The van der Waals surface area contributed by atoms with Gasteiger partial charge in [-0.05, 0) is 37.3 Å². The predicted molar refractivity (Wildman–Crippen MR) is 83.2 cm³/mol. The highest BCUT2D eigenvalue weighted by Gasteiger charge is 2.13. The van der Waals surface area contributed by atoms with E-state index in [9.17, 15) is 8.42 Å². The Morgan fingerprint density at radius 3 is 2.55 bits per heavy atom. The van der Waals surface area contributed by atoms with Crippen molar-refractivity contribution in [2.24, 2.45) is 0 Å². The summed E-state index contributed by atoms with van der Waals surface area (Å²) in [7, 11) is -2.96. The molecule has 1 heterocycles. The Bertz CT molecular complexity index is 648. The minimum atomic E-state index is -2.96. The molecule has 4 nitrogen and oxygen atoms in total. The lowest BCUT2D eigenvalue weighted by Gasteiger charge is -2.16. The fraction of sp³-hybridized carbons (Fsp3) is 0.333. The van der Waals surface area contributed by atoms with Crippen molar-refractivity contribution < 1.29 is 8.42 Å². The third kappa shape index (κ3) is 3.87. The molecule has 0 aliphatic rings. The quantitative estimate of drug-likeness (QED) is 0.890. The van der Waals surface area contributed by atoms with Gasteiger partial charge in [-0.2, -0.15) is 0 Å². The van der Waals surface area contributed by atoms with E-state index in [1.807, 2.05) is 60.3 Å². The maximum Gasteiger partial charge on any atom is 0.152 e. The Morgan fingerprint density at radius 1 is 1.20 bits per heavy atom. The lowest BCUT2D eigenvalue weighted by molar-refractivity contribution is 0.593. The molecule has 1 unspecified atom stereocenters. The average molecular weight is 292 g/mol. The second-order valence-electron chi connectivity index (χ2n) is 4.88. The SMILES string of the molecule is CCS(=O)(=O)CC(C)Nc1cccc(-n2cccc2)c1. The monoisotopic (exact) mass is 292 g/mol. The van der Waals surface area contributed by atoms with Crippen molar-refractivity contribution in [1.82, 2.24) is 4.57 Å². The summed E-state index contributed by atoms with van der Waals surface area (Å²) in [6, 6.07) is 11.8. The molecule has 2 rings (SSSR count). The van der Waals surface area contributed by atoms with Crippen molar-refractivity contribution in [3.8, 4) is 5.69 Å². The number of hydrogen-bond acceptors (Lipinski definition) is 3. The molecule has 0 radical (unpaired) electrons. The molecule has 1 aromatic heterocycles. The van der Waals surface area contributed by atoms with Crippen molar-refractivity contribution in [3.05, 3.63) is 48.8 Å². The highest BCUT2D eigenvalue weighted by Crippen LogP contribution is 2.16. The van der Waals surface area contributed by atoms with Crippen LogP contribution in [0.3, 0.4) is 0 Å². The van der Waals surface area contributed by atoms with Gasteiger partial charge in [0.2, 0.25) is 0 Å². The van der Waals surface area contributed by atoms with Crippen molar-refractivity contribution in [2.75, 3.05) is 16.8 Å². The standard InChI is InChI=1S/C15H20N2O2S/c1-3-20(18,19)12-13(2)16-14-7-6-8-15(11-14)17-9-4-5-10-17/h4-11,13,16H,3,12H2,1-2H3. The fourth-order valence-electron chi connectivity index (χ4n) is 2.09. The Labute approximate surface area is 120 Å². The minimum Gasteiger partial charge on any atom is -0.382 e. The molecule has 2 aromatic rings. The number of hydrogen-bond donors (Lipinski definition) is 1. The van der Waals surface area contributed by atoms with Crippen molar-refractivity contribution in [3.63, 3.8) is 0 Å². The first kappa shape index (κ1) is 14.7. The van der Waals surface area contributed by atoms with E-state index in [1.165, 1.54) is 0 Å². The molecule has 0 bridgehead atoms. The molecule has 0 aliphatic heterocycles. The summed E-state index contributed by atoms with van der Waals surface area (Å²) in [5, 5.41) is 3.24. The number of nitrogens with one attached hydrogen (secondary N) is 1. The van der Waals surface area contributed by atoms with Gasteiger partial charge in [-0.15, -0.1) is 0 Å². The van der Waals surface area contributed by atoms with E-state index in [0.717, 1.165) is 11.4 Å². The van der Waals surface area contributed by atoms with Crippen LogP contribution in [-0.2, 0) is 9.84 Å². The van der Waals surface area contributed by atoms with E-state index in [-0.39, 0.29) is 17.5 Å². The Kier molecular flexibility index (Phi) is 4.49. The second-order valence-corrected chi connectivity index (χ2v) is 7.28. The molecule has 1 aromatic carbocycles. The molecule has 0 fully saturated rings. The normalized spacial score (nSPS) is 13.1. The lowest BCUT2D eigenvalue weighted by Crippen LogP contribution is -2.26. The fourth-order valence-corrected chi connectivity index (χ4v) is 3.17. The summed E-state index contributed by atoms with van der Waals surface area (Å²) in [6.45, 7) is 3.56. The Hall–Kier alpha value is -1.75. The van der Waals surface area contributed by atoms with E-state index < -0.39 is 9.84 Å². The lowest BCUT2D eigenvalue weighted by atomic mass is 10.2. The smallest absolute Gasteiger partial charge is 0.152 e. The van der Waals surface area contributed by atoms with Gasteiger partial charge in [-0.1, -0.05) is 13.0 Å². The molecule has 20 heavy (non-hydrogen) atoms. The van der Waals surface area contributed by atoms with Crippen LogP contribution in [0.5, 0.6) is 0 Å². The number of nitrogens with zero attached hydrogens (tertiary/aromatic N) is 1. The molecule has 0 aliphatic carbocycles. The van der Waals surface area contributed by atoms with E-state index in [0.29, 0.717) is 0 Å². The zero-order valence-corrected chi connectivity index (χ0v) is 12.6. The Morgan fingerprint density at radius 2 is 1.90 bits per heavy atom. The van der Waals surface area contributed by atoms with Crippen LogP contribution in [0.1, 0.15) is 13.8 Å². The summed E-state index contributed by atoms with van der Waals surface area (Å²) in [5.41, 5.74) is 1.97. The molecule has 5 heteroatoms. The maximum absolute atomic E-state index is 11.6. The third-order valence-electron chi connectivity index (χ3n) is 3.11. The molecule has 1 N–H and O–H groups in total. The largest absolute Gasteiger partial charge is 0.382 e. The minimum absolute atomic E-state index is 0.111.